The second-order valence-electron chi connectivity index (χ2n) is 4.72. The number of hydrogen-bond acceptors (Lipinski definition) is 2. The van der Waals surface area contributed by atoms with Crippen molar-refractivity contribution in [2.24, 2.45) is 0 Å². The van der Waals surface area contributed by atoms with E-state index in [4.69, 9.17) is 4.74 Å². The molecule has 2 rings (SSSR count). The van der Waals surface area contributed by atoms with E-state index in [0.717, 1.165) is 16.9 Å². The van der Waals surface area contributed by atoms with E-state index >= 15 is 0 Å². The van der Waals surface area contributed by atoms with Crippen molar-refractivity contribution in [3.8, 4) is 5.75 Å². The van der Waals surface area contributed by atoms with Crippen molar-refractivity contribution in [3.63, 3.8) is 0 Å². The summed E-state index contributed by atoms with van der Waals surface area (Å²) in [6.45, 7) is 1.98. The predicted molar refractivity (Wildman–Crippen MR) is 79.7 cm³/mol. The lowest BCUT2D eigenvalue weighted by atomic mass is 10.1. The summed E-state index contributed by atoms with van der Waals surface area (Å²) in [5.41, 5.74) is 2.08. The summed E-state index contributed by atoms with van der Waals surface area (Å²) in [5, 5.41) is 3.00. The Morgan fingerprint density at radius 1 is 1.10 bits per heavy atom. The number of benzene rings is 2. The maximum atomic E-state index is 12.0. The van der Waals surface area contributed by atoms with Crippen LogP contribution in [0.5, 0.6) is 5.75 Å². The number of rotatable bonds is 5. The number of amides is 1. The third-order valence-electron chi connectivity index (χ3n) is 3.20. The average molecular weight is 269 g/mol. The van der Waals surface area contributed by atoms with Crippen LogP contribution in [0.3, 0.4) is 0 Å². The Bertz CT molecular complexity index is 549. The maximum absolute atomic E-state index is 12.0. The molecule has 0 aliphatic heterocycles. The molecule has 0 aromatic heterocycles. The first-order valence-corrected chi connectivity index (χ1v) is 6.66. The van der Waals surface area contributed by atoms with Crippen LogP contribution in [0.4, 0.5) is 0 Å². The number of nitrogens with one attached hydrogen (secondary N) is 1. The molecule has 2 aromatic carbocycles. The molecule has 0 aliphatic carbocycles. The minimum absolute atomic E-state index is 0.0166. The summed E-state index contributed by atoms with van der Waals surface area (Å²) in [6, 6.07) is 17.4. The molecule has 0 fully saturated rings. The highest BCUT2D eigenvalue weighted by Gasteiger charge is 2.10. The highest BCUT2D eigenvalue weighted by atomic mass is 16.5. The standard InChI is InChI=1S/C17H19NO2/c1-13(15-8-10-16(20-2)11-9-15)18-17(19)12-14-6-4-3-5-7-14/h3-11,13H,12H2,1-2H3,(H,18,19)/t13-/m1/s1. The van der Waals surface area contributed by atoms with Crippen LogP contribution in [-0.4, -0.2) is 13.0 Å². The van der Waals surface area contributed by atoms with Gasteiger partial charge in [0, 0.05) is 0 Å². The van der Waals surface area contributed by atoms with Crippen molar-refractivity contribution >= 4 is 5.91 Å². The fraction of sp³-hybridized carbons (Fsp3) is 0.235. The molecule has 0 radical (unpaired) electrons. The minimum atomic E-state index is -0.0166. The average Bonchev–Trinajstić information content (AvgIpc) is 2.48. The second-order valence-corrected chi connectivity index (χ2v) is 4.72. The van der Waals surface area contributed by atoms with E-state index in [1.54, 1.807) is 7.11 Å². The molecule has 0 unspecified atom stereocenters. The zero-order valence-corrected chi connectivity index (χ0v) is 11.8. The Labute approximate surface area is 119 Å². The Balaban J connectivity index is 1.93. The smallest absolute Gasteiger partial charge is 0.224 e. The molecule has 0 bridgehead atoms. The Morgan fingerprint density at radius 3 is 2.35 bits per heavy atom. The SMILES string of the molecule is COc1ccc([C@@H](C)NC(=O)Cc2ccccc2)cc1. The molecule has 0 saturated heterocycles. The molecular weight excluding hydrogens is 250 g/mol. The summed E-state index contributed by atoms with van der Waals surface area (Å²) in [5.74, 6) is 0.844. The highest BCUT2D eigenvalue weighted by molar-refractivity contribution is 5.79. The van der Waals surface area contributed by atoms with Gasteiger partial charge in [0.25, 0.3) is 0 Å². The van der Waals surface area contributed by atoms with Crippen molar-refractivity contribution in [1.82, 2.24) is 5.32 Å². The van der Waals surface area contributed by atoms with E-state index in [-0.39, 0.29) is 11.9 Å². The lowest BCUT2D eigenvalue weighted by molar-refractivity contribution is -0.121. The summed E-state index contributed by atoms with van der Waals surface area (Å²) in [7, 11) is 1.64. The molecule has 0 spiro atoms. The summed E-state index contributed by atoms with van der Waals surface area (Å²) >= 11 is 0. The zero-order valence-electron chi connectivity index (χ0n) is 11.8. The zero-order chi connectivity index (χ0) is 14.4. The third kappa shape index (κ3) is 3.85. The monoisotopic (exact) mass is 269 g/mol. The molecule has 3 heteroatoms. The van der Waals surface area contributed by atoms with E-state index in [2.05, 4.69) is 5.32 Å². The van der Waals surface area contributed by atoms with E-state index in [9.17, 15) is 4.79 Å². The highest BCUT2D eigenvalue weighted by Crippen LogP contribution is 2.17. The first-order chi connectivity index (χ1) is 9.69. The molecule has 1 amide bonds. The van der Waals surface area contributed by atoms with Gasteiger partial charge in [0.2, 0.25) is 5.91 Å². The van der Waals surface area contributed by atoms with E-state index in [0.29, 0.717) is 6.42 Å². The van der Waals surface area contributed by atoms with Crippen LogP contribution in [0.25, 0.3) is 0 Å². The van der Waals surface area contributed by atoms with Gasteiger partial charge in [0.15, 0.2) is 0 Å². The van der Waals surface area contributed by atoms with Gasteiger partial charge >= 0.3 is 0 Å². The first-order valence-electron chi connectivity index (χ1n) is 6.66. The maximum Gasteiger partial charge on any atom is 0.224 e. The fourth-order valence-corrected chi connectivity index (χ4v) is 2.05. The van der Waals surface area contributed by atoms with Crippen molar-refractivity contribution < 1.29 is 9.53 Å². The van der Waals surface area contributed by atoms with Crippen LogP contribution >= 0.6 is 0 Å². The number of ether oxygens (including phenoxy) is 1. The van der Waals surface area contributed by atoms with E-state index in [1.807, 2.05) is 61.5 Å². The molecular formula is C17H19NO2. The molecule has 1 N–H and O–H groups in total. The van der Waals surface area contributed by atoms with Crippen molar-refractivity contribution in [1.29, 1.82) is 0 Å². The molecule has 0 heterocycles. The quantitative estimate of drug-likeness (QED) is 0.905. The van der Waals surface area contributed by atoms with Gasteiger partial charge < -0.3 is 10.1 Å². The van der Waals surface area contributed by atoms with Crippen LogP contribution in [0.1, 0.15) is 24.1 Å². The van der Waals surface area contributed by atoms with E-state index in [1.165, 1.54) is 0 Å². The largest absolute Gasteiger partial charge is 0.497 e. The van der Waals surface area contributed by atoms with Crippen LogP contribution in [-0.2, 0) is 11.2 Å². The van der Waals surface area contributed by atoms with Crippen molar-refractivity contribution in [2.45, 2.75) is 19.4 Å². The van der Waals surface area contributed by atoms with Gasteiger partial charge in [-0.15, -0.1) is 0 Å². The topological polar surface area (TPSA) is 38.3 Å². The minimum Gasteiger partial charge on any atom is -0.497 e. The Kier molecular flexibility index (Phi) is 4.77. The number of methoxy groups -OCH3 is 1. The number of carbonyl (C=O) groups excluding carboxylic acids is 1. The van der Waals surface area contributed by atoms with Crippen LogP contribution in [0, 0.1) is 0 Å². The lowest BCUT2D eigenvalue weighted by Crippen LogP contribution is -2.28. The Hall–Kier alpha value is -2.29. The molecule has 0 aliphatic rings. The van der Waals surface area contributed by atoms with Gasteiger partial charge in [-0.2, -0.15) is 0 Å². The molecule has 2 aromatic rings. The van der Waals surface area contributed by atoms with Gasteiger partial charge in [0.1, 0.15) is 5.75 Å². The summed E-state index contributed by atoms with van der Waals surface area (Å²) in [4.78, 5) is 12.0. The third-order valence-corrected chi connectivity index (χ3v) is 3.20. The first kappa shape index (κ1) is 14.1. The molecule has 3 nitrogen and oxygen atoms in total. The molecule has 20 heavy (non-hydrogen) atoms. The van der Waals surface area contributed by atoms with Crippen molar-refractivity contribution in [3.05, 3.63) is 65.7 Å². The molecule has 1 atom stereocenters. The van der Waals surface area contributed by atoms with Gasteiger partial charge in [-0.3, -0.25) is 4.79 Å². The lowest BCUT2D eigenvalue weighted by Gasteiger charge is -2.14. The fourth-order valence-electron chi connectivity index (χ4n) is 2.05. The number of carbonyl (C=O) groups is 1. The van der Waals surface area contributed by atoms with Crippen LogP contribution in [0.2, 0.25) is 0 Å². The summed E-state index contributed by atoms with van der Waals surface area (Å²) in [6.07, 6.45) is 0.404. The molecule has 0 saturated carbocycles. The van der Waals surface area contributed by atoms with Gasteiger partial charge in [-0.05, 0) is 30.2 Å². The molecule has 104 valence electrons. The Morgan fingerprint density at radius 2 is 1.75 bits per heavy atom. The number of hydrogen-bond donors (Lipinski definition) is 1. The van der Waals surface area contributed by atoms with Gasteiger partial charge in [0.05, 0.1) is 19.6 Å². The second kappa shape index (κ2) is 6.75. The normalized spacial score (nSPS) is 11.7. The van der Waals surface area contributed by atoms with Gasteiger partial charge in [-0.25, -0.2) is 0 Å². The summed E-state index contributed by atoms with van der Waals surface area (Å²) < 4.78 is 5.12. The van der Waals surface area contributed by atoms with Gasteiger partial charge in [-0.1, -0.05) is 42.5 Å². The predicted octanol–water partition coefficient (Wildman–Crippen LogP) is 3.12. The van der Waals surface area contributed by atoms with E-state index < -0.39 is 0 Å². The van der Waals surface area contributed by atoms with Crippen LogP contribution < -0.4 is 10.1 Å². The van der Waals surface area contributed by atoms with Crippen LogP contribution in [0.15, 0.2) is 54.6 Å². The van der Waals surface area contributed by atoms with Crippen molar-refractivity contribution in [2.75, 3.05) is 7.11 Å².